The Morgan fingerprint density at radius 1 is 1.16 bits per heavy atom. The Morgan fingerprint density at radius 3 is 2.68 bits per heavy atom. The fourth-order valence-corrected chi connectivity index (χ4v) is 1.94. The Labute approximate surface area is 118 Å². The van der Waals surface area contributed by atoms with E-state index in [2.05, 4.69) is 4.98 Å². The van der Waals surface area contributed by atoms with Crippen molar-refractivity contribution < 1.29 is 9.47 Å². The molecule has 0 aliphatic carbocycles. The molecule has 3 nitrogen and oxygen atoms in total. The summed E-state index contributed by atoms with van der Waals surface area (Å²) in [5.41, 5.74) is 2.78. The van der Waals surface area contributed by atoms with Gasteiger partial charge in [0.1, 0.15) is 18.1 Å². The quantitative estimate of drug-likeness (QED) is 0.848. The first-order valence-electron chi connectivity index (χ1n) is 5.99. The van der Waals surface area contributed by atoms with Crippen LogP contribution in [-0.2, 0) is 6.61 Å². The minimum absolute atomic E-state index is 0.388. The standard InChI is InChI=1S/C15H16ClNO2/c1-10-4-5-12(16)7-15(10)19-9-13-8-14(18-3)6-11(2)17-13/h4-8H,9H2,1-3H3. The largest absolute Gasteiger partial charge is 0.497 e. The van der Waals surface area contributed by atoms with Crippen LogP contribution in [0.4, 0.5) is 0 Å². The van der Waals surface area contributed by atoms with Gasteiger partial charge in [-0.05, 0) is 31.5 Å². The van der Waals surface area contributed by atoms with Crippen LogP contribution >= 0.6 is 11.6 Å². The molecule has 2 aromatic rings. The smallest absolute Gasteiger partial charge is 0.130 e. The molecule has 0 aliphatic rings. The zero-order chi connectivity index (χ0) is 13.8. The molecule has 1 aromatic heterocycles. The number of hydrogen-bond donors (Lipinski definition) is 0. The first-order chi connectivity index (χ1) is 9.08. The third kappa shape index (κ3) is 3.61. The molecule has 0 atom stereocenters. The van der Waals surface area contributed by atoms with Crippen LogP contribution in [0, 0.1) is 13.8 Å². The lowest BCUT2D eigenvalue weighted by molar-refractivity contribution is 0.298. The molecule has 1 heterocycles. The lowest BCUT2D eigenvalue weighted by Crippen LogP contribution is -2.01. The number of hydrogen-bond acceptors (Lipinski definition) is 3. The lowest BCUT2D eigenvalue weighted by atomic mass is 10.2. The maximum atomic E-state index is 5.96. The third-order valence-electron chi connectivity index (χ3n) is 2.74. The van der Waals surface area contributed by atoms with E-state index in [4.69, 9.17) is 21.1 Å². The molecule has 0 fully saturated rings. The van der Waals surface area contributed by atoms with Gasteiger partial charge in [-0.3, -0.25) is 4.98 Å². The van der Waals surface area contributed by atoms with Gasteiger partial charge in [0.25, 0.3) is 0 Å². The Bertz CT molecular complexity index is 584. The van der Waals surface area contributed by atoms with Crippen LogP contribution in [0.1, 0.15) is 17.0 Å². The van der Waals surface area contributed by atoms with Crippen LogP contribution in [0.2, 0.25) is 5.02 Å². The van der Waals surface area contributed by atoms with Crippen molar-refractivity contribution in [3.05, 3.63) is 52.3 Å². The summed E-state index contributed by atoms with van der Waals surface area (Å²) in [6, 6.07) is 9.34. The summed E-state index contributed by atoms with van der Waals surface area (Å²) in [6.45, 7) is 4.30. The van der Waals surface area contributed by atoms with Crippen molar-refractivity contribution in [3.63, 3.8) is 0 Å². The second-order valence-corrected chi connectivity index (χ2v) is 4.77. The van der Waals surface area contributed by atoms with Crippen LogP contribution < -0.4 is 9.47 Å². The summed E-state index contributed by atoms with van der Waals surface area (Å²) in [5.74, 6) is 1.56. The average Bonchev–Trinajstić information content (AvgIpc) is 2.39. The van der Waals surface area contributed by atoms with Crippen molar-refractivity contribution in [3.8, 4) is 11.5 Å². The summed E-state index contributed by atoms with van der Waals surface area (Å²) in [7, 11) is 1.64. The van der Waals surface area contributed by atoms with Gasteiger partial charge in [-0.25, -0.2) is 0 Å². The normalized spacial score (nSPS) is 10.3. The van der Waals surface area contributed by atoms with Gasteiger partial charge >= 0.3 is 0 Å². The van der Waals surface area contributed by atoms with Crippen molar-refractivity contribution in [2.45, 2.75) is 20.5 Å². The maximum Gasteiger partial charge on any atom is 0.130 e. The second-order valence-electron chi connectivity index (χ2n) is 4.34. The van der Waals surface area contributed by atoms with E-state index in [1.165, 1.54) is 0 Å². The Balaban J connectivity index is 2.14. The molecule has 1 aromatic carbocycles. The topological polar surface area (TPSA) is 31.4 Å². The molecule has 100 valence electrons. The fourth-order valence-electron chi connectivity index (χ4n) is 1.78. The number of pyridine rings is 1. The first kappa shape index (κ1) is 13.7. The molecule has 4 heteroatoms. The van der Waals surface area contributed by atoms with Crippen LogP contribution in [0.25, 0.3) is 0 Å². The summed E-state index contributed by atoms with van der Waals surface area (Å²) >= 11 is 5.96. The Kier molecular flexibility index (Phi) is 4.27. The summed E-state index contributed by atoms with van der Waals surface area (Å²) in [4.78, 5) is 4.41. The van der Waals surface area contributed by atoms with Gasteiger partial charge in [-0.2, -0.15) is 0 Å². The number of nitrogens with zero attached hydrogens (tertiary/aromatic N) is 1. The molecule has 0 saturated carbocycles. The highest BCUT2D eigenvalue weighted by Gasteiger charge is 2.04. The van der Waals surface area contributed by atoms with Gasteiger partial charge in [0.05, 0.1) is 12.8 Å². The molecule has 0 N–H and O–H groups in total. The lowest BCUT2D eigenvalue weighted by Gasteiger charge is -2.10. The number of ether oxygens (including phenoxy) is 2. The number of methoxy groups -OCH3 is 1. The minimum Gasteiger partial charge on any atom is -0.497 e. The van der Waals surface area contributed by atoms with Gasteiger partial charge in [0.15, 0.2) is 0 Å². The van der Waals surface area contributed by atoms with E-state index >= 15 is 0 Å². The number of aryl methyl sites for hydroxylation is 2. The van der Waals surface area contributed by atoms with Gasteiger partial charge in [-0.1, -0.05) is 17.7 Å². The van der Waals surface area contributed by atoms with E-state index in [9.17, 15) is 0 Å². The van der Waals surface area contributed by atoms with E-state index in [-0.39, 0.29) is 0 Å². The highest BCUT2D eigenvalue weighted by atomic mass is 35.5. The van der Waals surface area contributed by atoms with Gasteiger partial charge in [-0.15, -0.1) is 0 Å². The molecule has 0 aliphatic heterocycles. The van der Waals surface area contributed by atoms with Crippen molar-refractivity contribution in [2.75, 3.05) is 7.11 Å². The monoisotopic (exact) mass is 277 g/mol. The number of benzene rings is 1. The molecule has 2 rings (SSSR count). The molecular weight excluding hydrogens is 262 g/mol. The molecule has 19 heavy (non-hydrogen) atoms. The maximum absolute atomic E-state index is 5.96. The molecule has 0 radical (unpaired) electrons. The number of halogens is 1. The van der Waals surface area contributed by atoms with Gasteiger partial charge in [0, 0.05) is 22.8 Å². The average molecular weight is 278 g/mol. The number of rotatable bonds is 4. The van der Waals surface area contributed by atoms with Crippen LogP contribution in [0.15, 0.2) is 30.3 Å². The summed E-state index contributed by atoms with van der Waals surface area (Å²) in [5, 5.41) is 0.662. The summed E-state index contributed by atoms with van der Waals surface area (Å²) < 4.78 is 11.0. The van der Waals surface area contributed by atoms with Crippen molar-refractivity contribution in [1.82, 2.24) is 4.98 Å². The summed E-state index contributed by atoms with van der Waals surface area (Å²) in [6.07, 6.45) is 0. The first-order valence-corrected chi connectivity index (χ1v) is 6.37. The fraction of sp³-hybridized carbons (Fsp3) is 0.267. The highest BCUT2D eigenvalue weighted by molar-refractivity contribution is 6.30. The van der Waals surface area contributed by atoms with Crippen LogP contribution in [0.3, 0.4) is 0 Å². The molecule has 0 amide bonds. The molecular formula is C15H16ClNO2. The van der Waals surface area contributed by atoms with E-state index in [1.807, 2.05) is 44.2 Å². The predicted octanol–water partition coefficient (Wildman–Crippen LogP) is 3.94. The zero-order valence-electron chi connectivity index (χ0n) is 11.2. The van der Waals surface area contributed by atoms with E-state index in [1.54, 1.807) is 7.11 Å². The molecule has 0 spiro atoms. The number of aromatic nitrogens is 1. The minimum atomic E-state index is 0.388. The molecule has 0 bridgehead atoms. The van der Waals surface area contributed by atoms with Crippen molar-refractivity contribution in [2.24, 2.45) is 0 Å². The van der Waals surface area contributed by atoms with Crippen molar-refractivity contribution in [1.29, 1.82) is 0 Å². The van der Waals surface area contributed by atoms with Gasteiger partial charge < -0.3 is 9.47 Å². The molecule has 0 unspecified atom stereocenters. The molecule has 0 saturated heterocycles. The Hall–Kier alpha value is -1.74. The SMILES string of the molecule is COc1cc(C)nc(COc2cc(Cl)ccc2C)c1. The van der Waals surface area contributed by atoms with E-state index in [0.717, 1.165) is 28.5 Å². The van der Waals surface area contributed by atoms with E-state index in [0.29, 0.717) is 11.6 Å². The predicted molar refractivity (Wildman–Crippen MR) is 76.0 cm³/mol. The van der Waals surface area contributed by atoms with Crippen LogP contribution in [-0.4, -0.2) is 12.1 Å². The zero-order valence-corrected chi connectivity index (χ0v) is 12.0. The van der Waals surface area contributed by atoms with Crippen LogP contribution in [0.5, 0.6) is 11.5 Å². The third-order valence-corrected chi connectivity index (χ3v) is 2.98. The highest BCUT2D eigenvalue weighted by Crippen LogP contribution is 2.23. The second kappa shape index (κ2) is 5.93. The Morgan fingerprint density at radius 2 is 1.95 bits per heavy atom. The van der Waals surface area contributed by atoms with E-state index < -0.39 is 0 Å². The van der Waals surface area contributed by atoms with Crippen molar-refractivity contribution >= 4 is 11.6 Å². The van der Waals surface area contributed by atoms with Gasteiger partial charge in [0.2, 0.25) is 0 Å².